The lowest BCUT2D eigenvalue weighted by molar-refractivity contribution is -0.274. The third-order valence-corrected chi connectivity index (χ3v) is 4.34. The quantitative estimate of drug-likeness (QED) is 0.707. The number of benzene rings is 2. The molecule has 2 rings (SSSR count). The number of ketones is 1. The number of Topliss-reactive ketones (excluding diaryl/α,β-unsaturated/α-hetero) is 1. The first kappa shape index (κ1) is 20.0. The minimum atomic E-state index is -4.76. The number of alkyl halides is 3. The minimum absolute atomic E-state index is 0.110. The van der Waals surface area contributed by atoms with Crippen LogP contribution in [0.2, 0.25) is 0 Å². The largest absolute Gasteiger partial charge is 0.573 e. The Morgan fingerprint density at radius 3 is 2.35 bits per heavy atom. The van der Waals surface area contributed by atoms with E-state index >= 15 is 0 Å². The van der Waals surface area contributed by atoms with Crippen molar-refractivity contribution < 1.29 is 22.7 Å². The van der Waals surface area contributed by atoms with Gasteiger partial charge >= 0.3 is 6.36 Å². The van der Waals surface area contributed by atoms with E-state index in [-0.39, 0.29) is 17.6 Å². The second-order valence-electron chi connectivity index (χ2n) is 6.35. The Bertz CT molecular complexity index is 731. The van der Waals surface area contributed by atoms with Gasteiger partial charge < -0.3 is 4.74 Å². The number of ether oxygens (including phenoxy) is 1. The van der Waals surface area contributed by atoms with Crippen LogP contribution in [0.5, 0.6) is 5.75 Å². The Balaban J connectivity index is 2.22. The number of halogens is 3. The van der Waals surface area contributed by atoms with Gasteiger partial charge in [-0.05, 0) is 44.2 Å². The number of likely N-dealkylation sites (N-methyl/N-ethyl adjacent to an activating group) is 1. The third-order valence-electron chi connectivity index (χ3n) is 4.34. The highest BCUT2D eigenvalue weighted by atomic mass is 19.4. The molecular weight excluding hydrogens is 343 g/mol. The summed E-state index contributed by atoms with van der Waals surface area (Å²) in [6.45, 7) is 3.98. The molecule has 0 bridgehead atoms. The van der Waals surface area contributed by atoms with Gasteiger partial charge in [-0.15, -0.1) is 13.2 Å². The molecular formula is C20H22F3NO2. The van der Waals surface area contributed by atoms with Crippen LogP contribution >= 0.6 is 0 Å². The van der Waals surface area contributed by atoms with E-state index < -0.39 is 12.3 Å². The summed E-state index contributed by atoms with van der Waals surface area (Å²) in [5.41, 5.74) is 1.60. The molecule has 2 aromatic rings. The summed E-state index contributed by atoms with van der Waals surface area (Å²) in [6, 6.07) is 15.2. The Morgan fingerprint density at radius 1 is 1.12 bits per heavy atom. The lowest BCUT2D eigenvalue weighted by atomic mass is 9.88. The first-order valence-corrected chi connectivity index (χ1v) is 8.27. The molecule has 0 saturated heterocycles. The SMILES string of the molecule is CC(=O)C(c1cccc(OC(F)(F)F)c1)C(C)N(C)Cc1ccccc1. The fraction of sp³-hybridized carbons (Fsp3) is 0.350. The molecule has 2 atom stereocenters. The number of hydrogen-bond donors (Lipinski definition) is 0. The van der Waals surface area contributed by atoms with Gasteiger partial charge in [0.1, 0.15) is 11.5 Å². The zero-order chi connectivity index (χ0) is 19.3. The lowest BCUT2D eigenvalue weighted by Gasteiger charge is -2.31. The van der Waals surface area contributed by atoms with Crippen molar-refractivity contribution >= 4 is 5.78 Å². The minimum Gasteiger partial charge on any atom is -0.406 e. The van der Waals surface area contributed by atoms with Crippen molar-refractivity contribution in [3.05, 3.63) is 65.7 Å². The normalized spacial score (nSPS) is 14.1. The summed E-state index contributed by atoms with van der Waals surface area (Å²) in [5, 5.41) is 0. The van der Waals surface area contributed by atoms with Crippen LogP contribution < -0.4 is 4.74 Å². The number of nitrogens with zero attached hydrogens (tertiary/aromatic N) is 1. The predicted octanol–water partition coefficient (Wildman–Crippen LogP) is 4.78. The maximum atomic E-state index is 12.5. The molecule has 2 aromatic carbocycles. The summed E-state index contributed by atoms with van der Waals surface area (Å²) in [7, 11) is 1.89. The van der Waals surface area contributed by atoms with Gasteiger partial charge in [-0.3, -0.25) is 9.69 Å². The topological polar surface area (TPSA) is 29.5 Å². The smallest absolute Gasteiger partial charge is 0.406 e. The molecule has 0 spiro atoms. The van der Waals surface area contributed by atoms with E-state index in [0.717, 1.165) is 5.56 Å². The summed E-state index contributed by atoms with van der Waals surface area (Å²) in [4.78, 5) is 14.3. The van der Waals surface area contributed by atoms with Crippen LogP contribution in [-0.2, 0) is 11.3 Å². The van der Waals surface area contributed by atoms with Crippen molar-refractivity contribution in [2.75, 3.05) is 7.05 Å². The molecule has 26 heavy (non-hydrogen) atoms. The molecule has 6 heteroatoms. The average molecular weight is 365 g/mol. The van der Waals surface area contributed by atoms with Gasteiger partial charge in [0.2, 0.25) is 0 Å². The fourth-order valence-electron chi connectivity index (χ4n) is 3.03. The van der Waals surface area contributed by atoms with E-state index in [1.165, 1.54) is 25.1 Å². The molecule has 0 aliphatic rings. The molecule has 0 saturated carbocycles. The van der Waals surface area contributed by atoms with Gasteiger partial charge in [0, 0.05) is 12.6 Å². The maximum absolute atomic E-state index is 12.5. The molecule has 0 aliphatic heterocycles. The molecule has 3 nitrogen and oxygen atoms in total. The zero-order valence-electron chi connectivity index (χ0n) is 15.0. The van der Waals surface area contributed by atoms with Crippen molar-refractivity contribution in [1.82, 2.24) is 4.90 Å². The van der Waals surface area contributed by atoms with Crippen molar-refractivity contribution in [1.29, 1.82) is 0 Å². The fourth-order valence-corrected chi connectivity index (χ4v) is 3.03. The second-order valence-corrected chi connectivity index (χ2v) is 6.35. The van der Waals surface area contributed by atoms with Crippen LogP contribution in [0.25, 0.3) is 0 Å². The first-order chi connectivity index (χ1) is 12.2. The highest BCUT2D eigenvalue weighted by molar-refractivity contribution is 5.84. The van der Waals surface area contributed by atoms with E-state index in [4.69, 9.17) is 0 Å². The highest BCUT2D eigenvalue weighted by Crippen LogP contribution is 2.30. The van der Waals surface area contributed by atoms with Crippen LogP contribution in [0.1, 0.15) is 30.9 Å². The Labute approximate surface area is 151 Å². The van der Waals surface area contributed by atoms with E-state index in [1.54, 1.807) is 6.07 Å². The van der Waals surface area contributed by atoms with Gasteiger partial charge in [-0.25, -0.2) is 0 Å². The predicted molar refractivity (Wildman–Crippen MR) is 93.9 cm³/mol. The van der Waals surface area contributed by atoms with Crippen LogP contribution in [0.4, 0.5) is 13.2 Å². The average Bonchev–Trinajstić information content (AvgIpc) is 2.54. The summed E-state index contributed by atoms with van der Waals surface area (Å²) < 4.78 is 41.4. The van der Waals surface area contributed by atoms with Crippen LogP contribution in [0, 0.1) is 0 Å². The van der Waals surface area contributed by atoms with E-state index in [0.29, 0.717) is 12.1 Å². The summed E-state index contributed by atoms with van der Waals surface area (Å²) in [5.74, 6) is -0.985. The molecule has 0 heterocycles. The molecule has 0 N–H and O–H groups in total. The molecule has 0 amide bonds. The molecule has 2 unspecified atom stereocenters. The molecule has 0 aliphatic carbocycles. The Morgan fingerprint density at radius 2 is 1.77 bits per heavy atom. The zero-order valence-corrected chi connectivity index (χ0v) is 15.0. The Hall–Kier alpha value is -2.34. The number of rotatable bonds is 7. The summed E-state index contributed by atoms with van der Waals surface area (Å²) >= 11 is 0. The van der Waals surface area contributed by atoms with E-state index in [9.17, 15) is 18.0 Å². The Kier molecular flexibility index (Phi) is 6.42. The van der Waals surface area contributed by atoms with E-state index in [2.05, 4.69) is 4.74 Å². The third kappa shape index (κ3) is 5.59. The number of hydrogen-bond acceptors (Lipinski definition) is 3. The molecule has 0 radical (unpaired) electrons. The number of carbonyl (C=O) groups is 1. The van der Waals surface area contributed by atoms with Crippen LogP contribution in [0.3, 0.4) is 0 Å². The van der Waals surface area contributed by atoms with Crippen molar-refractivity contribution in [3.8, 4) is 5.75 Å². The standard InChI is InChI=1S/C20H22F3NO2/c1-14(24(3)13-16-8-5-4-6-9-16)19(15(2)25)17-10-7-11-18(12-17)26-20(21,22)23/h4-12,14,19H,13H2,1-3H3. The van der Waals surface area contributed by atoms with Crippen LogP contribution in [-0.4, -0.2) is 30.1 Å². The molecule has 0 fully saturated rings. The highest BCUT2D eigenvalue weighted by Gasteiger charge is 2.32. The van der Waals surface area contributed by atoms with Crippen molar-refractivity contribution in [2.24, 2.45) is 0 Å². The van der Waals surface area contributed by atoms with Gasteiger partial charge in [-0.1, -0.05) is 42.5 Å². The van der Waals surface area contributed by atoms with E-state index in [1.807, 2.05) is 49.2 Å². The number of carbonyl (C=O) groups excluding carboxylic acids is 1. The maximum Gasteiger partial charge on any atom is 0.573 e. The molecule has 140 valence electrons. The van der Waals surface area contributed by atoms with Gasteiger partial charge in [0.05, 0.1) is 5.92 Å². The lowest BCUT2D eigenvalue weighted by Crippen LogP contribution is -2.37. The van der Waals surface area contributed by atoms with Crippen molar-refractivity contribution in [3.63, 3.8) is 0 Å². The van der Waals surface area contributed by atoms with Gasteiger partial charge in [0.25, 0.3) is 0 Å². The molecule has 0 aromatic heterocycles. The first-order valence-electron chi connectivity index (χ1n) is 8.27. The van der Waals surface area contributed by atoms with Crippen LogP contribution in [0.15, 0.2) is 54.6 Å². The van der Waals surface area contributed by atoms with Gasteiger partial charge in [-0.2, -0.15) is 0 Å². The second kappa shape index (κ2) is 8.36. The van der Waals surface area contributed by atoms with Crippen molar-refractivity contribution in [2.45, 2.75) is 38.7 Å². The monoisotopic (exact) mass is 365 g/mol. The summed E-state index contributed by atoms with van der Waals surface area (Å²) in [6.07, 6.45) is -4.76. The van der Waals surface area contributed by atoms with Gasteiger partial charge in [0.15, 0.2) is 0 Å².